The SMILES string of the molecule is CCNC(=NCC1CCCCC1C)N1CCC(COCCOC)C1. The summed E-state index contributed by atoms with van der Waals surface area (Å²) in [5.41, 5.74) is 0. The average Bonchev–Trinajstić information content (AvgIpc) is 3.05. The van der Waals surface area contributed by atoms with Crippen molar-refractivity contribution in [1.29, 1.82) is 0 Å². The van der Waals surface area contributed by atoms with Crippen LogP contribution in [0.3, 0.4) is 0 Å². The largest absolute Gasteiger partial charge is 0.382 e. The first-order valence-electron chi connectivity index (χ1n) is 9.84. The molecule has 0 radical (unpaired) electrons. The Hall–Kier alpha value is -0.810. The second kappa shape index (κ2) is 10.9. The van der Waals surface area contributed by atoms with Gasteiger partial charge in [-0.15, -0.1) is 0 Å². The topological polar surface area (TPSA) is 46.1 Å². The standard InChI is InChI=1S/C19H37N3O2/c1-4-20-19(21-13-18-8-6-5-7-16(18)2)22-10-9-17(14-22)15-24-12-11-23-3/h16-18H,4-15H2,1-3H3,(H,20,21). The lowest BCUT2D eigenvalue weighted by Crippen LogP contribution is -2.40. The van der Waals surface area contributed by atoms with Gasteiger partial charge in [0.25, 0.3) is 0 Å². The molecule has 1 heterocycles. The third-order valence-corrected chi connectivity index (χ3v) is 5.47. The zero-order valence-electron chi connectivity index (χ0n) is 15.9. The van der Waals surface area contributed by atoms with E-state index in [4.69, 9.17) is 14.5 Å². The molecule has 0 bridgehead atoms. The van der Waals surface area contributed by atoms with E-state index in [-0.39, 0.29) is 0 Å². The van der Waals surface area contributed by atoms with Gasteiger partial charge in [0.15, 0.2) is 5.96 Å². The van der Waals surface area contributed by atoms with Gasteiger partial charge in [-0.2, -0.15) is 0 Å². The molecule has 1 aliphatic heterocycles. The van der Waals surface area contributed by atoms with Crippen LogP contribution < -0.4 is 5.32 Å². The van der Waals surface area contributed by atoms with Crippen molar-refractivity contribution in [3.05, 3.63) is 0 Å². The number of hydrogen-bond donors (Lipinski definition) is 1. The zero-order chi connectivity index (χ0) is 17.2. The lowest BCUT2D eigenvalue weighted by Gasteiger charge is -2.28. The molecule has 0 aromatic rings. The van der Waals surface area contributed by atoms with Crippen LogP contribution in [0.2, 0.25) is 0 Å². The predicted molar refractivity (Wildman–Crippen MR) is 99.5 cm³/mol. The van der Waals surface area contributed by atoms with Gasteiger partial charge in [-0.25, -0.2) is 0 Å². The van der Waals surface area contributed by atoms with Crippen LogP contribution in [0.1, 0.15) is 46.0 Å². The highest BCUT2D eigenvalue weighted by Crippen LogP contribution is 2.29. The van der Waals surface area contributed by atoms with E-state index in [0.717, 1.165) is 50.6 Å². The highest BCUT2D eigenvalue weighted by atomic mass is 16.5. The molecule has 2 rings (SSSR count). The fourth-order valence-corrected chi connectivity index (χ4v) is 3.85. The molecular weight excluding hydrogens is 302 g/mol. The van der Waals surface area contributed by atoms with Gasteiger partial charge in [0.2, 0.25) is 0 Å². The van der Waals surface area contributed by atoms with E-state index in [2.05, 4.69) is 24.1 Å². The Morgan fingerprint density at radius 2 is 2.04 bits per heavy atom. The number of nitrogens with one attached hydrogen (secondary N) is 1. The summed E-state index contributed by atoms with van der Waals surface area (Å²) < 4.78 is 10.7. The van der Waals surface area contributed by atoms with Gasteiger partial charge >= 0.3 is 0 Å². The second-order valence-electron chi connectivity index (χ2n) is 7.38. The highest BCUT2D eigenvalue weighted by Gasteiger charge is 2.26. The minimum Gasteiger partial charge on any atom is -0.382 e. The molecular formula is C19H37N3O2. The summed E-state index contributed by atoms with van der Waals surface area (Å²) in [6.45, 7) is 10.8. The molecule has 5 heteroatoms. The Balaban J connectivity index is 1.80. The summed E-state index contributed by atoms with van der Waals surface area (Å²) in [5.74, 6) is 3.31. The molecule has 3 unspecified atom stereocenters. The van der Waals surface area contributed by atoms with Gasteiger partial charge in [0.1, 0.15) is 0 Å². The van der Waals surface area contributed by atoms with Crippen molar-refractivity contribution in [3.63, 3.8) is 0 Å². The Morgan fingerprint density at radius 1 is 1.21 bits per heavy atom. The van der Waals surface area contributed by atoms with Crippen molar-refractivity contribution < 1.29 is 9.47 Å². The first kappa shape index (κ1) is 19.5. The van der Waals surface area contributed by atoms with Crippen LogP contribution in [-0.4, -0.2) is 64.0 Å². The van der Waals surface area contributed by atoms with E-state index in [9.17, 15) is 0 Å². The molecule has 3 atom stereocenters. The number of aliphatic imine (C=N–C) groups is 1. The van der Waals surface area contributed by atoms with Crippen LogP contribution in [-0.2, 0) is 9.47 Å². The molecule has 0 spiro atoms. The van der Waals surface area contributed by atoms with Gasteiger partial charge in [-0.05, 0) is 31.6 Å². The summed E-state index contributed by atoms with van der Waals surface area (Å²) in [6.07, 6.45) is 6.70. The van der Waals surface area contributed by atoms with Crippen molar-refractivity contribution in [2.24, 2.45) is 22.7 Å². The van der Waals surface area contributed by atoms with Crippen molar-refractivity contribution in [3.8, 4) is 0 Å². The number of ether oxygens (including phenoxy) is 2. The van der Waals surface area contributed by atoms with E-state index >= 15 is 0 Å². The van der Waals surface area contributed by atoms with Gasteiger partial charge in [0.05, 0.1) is 19.8 Å². The summed E-state index contributed by atoms with van der Waals surface area (Å²) in [4.78, 5) is 7.40. The van der Waals surface area contributed by atoms with Crippen molar-refractivity contribution in [2.45, 2.75) is 46.0 Å². The maximum Gasteiger partial charge on any atom is 0.193 e. The summed E-state index contributed by atoms with van der Waals surface area (Å²) in [7, 11) is 1.72. The monoisotopic (exact) mass is 339 g/mol. The summed E-state index contributed by atoms with van der Waals surface area (Å²) in [6, 6.07) is 0. The van der Waals surface area contributed by atoms with Crippen LogP contribution >= 0.6 is 0 Å². The molecule has 1 aliphatic carbocycles. The van der Waals surface area contributed by atoms with E-state index in [1.807, 2.05) is 0 Å². The van der Waals surface area contributed by atoms with Gasteiger partial charge < -0.3 is 19.7 Å². The molecule has 5 nitrogen and oxygen atoms in total. The fraction of sp³-hybridized carbons (Fsp3) is 0.947. The maximum absolute atomic E-state index is 5.70. The summed E-state index contributed by atoms with van der Waals surface area (Å²) in [5, 5.41) is 3.49. The van der Waals surface area contributed by atoms with Crippen LogP contribution in [0.5, 0.6) is 0 Å². The molecule has 0 aromatic carbocycles. The second-order valence-corrected chi connectivity index (χ2v) is 7.38. The molecule has 0 aromatic heterocycles. The van der Waals surface area contributed by atoms with Crippen LogP contribution in [0.25, 0.3) is 0 Å². The van der Waals surface area contributed by atoms with E-state index in [1.54, 1.807) is 7.11 Å². The van der Waals surface area contributed by atoms with Crippen LogP contribution in [0.15, 0.2) is 4.99 Å². The molecule has 140 valence electrons. The Kier molecular flexibility index (Phi) is 8.89. The molecule has 2 aliphatic rings. The van der Waals surface area contributed by atoms with E-state index in [0.29, 0.717) is 19.1 Å². The lowest BCUT2D eigenvalue weighted by atomic mass is 9.80. The fourth-order valence-electron chi connectivity index (χ4n) is 3.85. The lowest BCUT2D eigenvalue weighted by molar-refractivity contribution is 0.0536. The molecule has 1 N–H and O–H groups in total. The minimum absolute atomic E-state index is 0.610. The van der Waals surface area contributed by atoms with Crippen molar-refractivity contribution >= 4 is 5.96 Å². The average molecular weight is 340 g/mol. The smallest absolute Gasteiger partial charge is 0.193 e. The number of rotatable bonds is 8. The van der Waals surface area contributed by atoms with Crippen LogP contribution in [0, 0.1) is 17.8 Å². The van der Waals surface area contributed by atoms with E-state index < -0.39 is 0 Å². The number of hydrogen-bond acceptors (Lipinski definition) is 3. The number of likely N-dealkylation sites (tertiary alicyclic amines) is 1. The molecule has 1 saturated carbocycles. The Bertz CT molecular complexity index is 376. The van der Waals surface area contributed by atoms with Gasteiger partial charge in [0, 0.05) is 39.2 Å². The first-order chi connectivity index (χ1) is 11.7. The number of methoxy groups -OCH3 is 1. The first-order valence-corrected chi connectivity index (χ1v) is 9.84. The zero-order valence-corrected chi connectivity index (χ0v) is 15.9. The maximum atomic E-state index is 5.70. The highest BCUT2D eigenvalue weighted by molar-refractivity contribution is 5.80. The van der Waals surface area contributed by atoms with Crippen molar-refractivity contribution in [2.75, 3.05) is 53.1 Å². The minimum atomic E-state index is 0.610. The molecule has 24 heavy (non-hydrogen) atoms. The Morgan fingerprint density at radius 3 is 2.79 bits per heavy atom. The molecule has 1 saturated heterocycles. The third-order valence-electron chi connectivity index (χ3n) is 5.47. The normalized spacial score (nSPS) is 28.4. The Labute approximate surface area is 148 Å². The predicted octanol–water partition coefficient (Wildman–Crippen LogP) is 2.76. The molecule has 0 amide bonds. The quantitative estimate of drug-likeness (QED) is 0.420. The third kappa shape index (κ3) is 6.25. The van der Waals surface area contributed by atoms with Gasteiger partial charge in [-0.1, -0.05) is 26.2 Å². The van der Waals surface area contributed by atoms with Gasteiger partial charge in [-0.3, -0.25) is 4.99 Å². The van der Waals surface area contributed by atoms with E-state index in [1.165, 1.54) is 32.1 Å². The van der Waals surface area contributed by atoms with Crippen molar-refractivity contribution in [1.82, 2.24) is 10.2 Å². The number of guanidine groups is 1. The summed E-state index contributed by atoms with van der Waals surface area (Å²) >= 11 is 0. The number of nitrogens with zero attached hydrogens (tertiary/aromatic N) is 2. The molecule has 2 fully saturated rings. The van der Waals surface area contributed by atoms with Crippen LogP contribution in [0.4, 0.5) is 0 Å².